The van der Waals surface area contributed by atoms with Gasteiger partial charge in [-0.2, -0.15) is 5.26 Å². The van der Waals surface area contributed by atoms with Crippen molar-refractivity contribution in [2.24, 2.45) is 0 Å². The van der Waals surface area contributed by atoms with Gasteiger partial charge in [0.1, 0.15) is 11.6 Å². The molecule has 2 rings (SSSR count). The van der Waals surface area contributed by atoms with Crippen LogP contribution < -0.4 is 10.6 Å². The number of halogens is 1. The van der Waals surface area contributed by atoms with E-state index in [-0.39, 0.29) is 11.5 Å². The molecule has 1 aromatic rings. The summed E-state index contributed by atoms with van der Waals surface area (Å²) < 4.78 is 1.11. The Morgan fingerprint density at radius 1 is 1.43 bits per heavy atom. The Hall–Kier alpha value is -1.55. The molecule has 0 radical (unpaired) electrons. The van der Waals surface area contributed by atoms with E-state index < -0.39 is 0 Å². The van der Waals surface area contributed by atoms with E-state index in [4.69, 9.17) is 5.26 Å². The number of amides is 1. The molecule has 2 N–H and O–H groups in total. The normalized spacial score (nSPS) is 15.6. The molecule has 1 fully saturated rings. The highest BCUT2D eigenvalue weighted by atomic mass is 127. The highest BCUT2D eigenvalue weighted by Crippen LogP contribution is 2.19. The number of carbonyl (C=O) groups is 1. The quantitative estimate of drug-likeness (QED) is 0.466. The maximum Gasteiger partial charge on any atom is 0.267 e. The number of benzene rings is 1. The van der Waals surface area contributed by atoms with E-state index in [1.165, 1.54) is 12.8 Å². The lowest BCUT2D eigenvalue weighted by Gasteiger charge is -2.11. The van der Waals surface area contributed by atoms with Crippen LogP contribution in [0.1, 0.15) is 31.2 Å². The molecule has 0 saturated heterocycles. The zero-order chi connectivity index (χ0) is 15.2. The molecule has 0 bridgehead atoms. The highest BCUT2D eigenvalue weighted by molar-refractivity contribution is 14.1. The number of anilines is 1. The number of hydrogen-bond acceptors (Lipinski definition) is 3. The molecule has 1 aliphatic carbocycles. The van der Waals surface area contributed by atoms with Crippen molar-refractivity contribution >= 4 is 34.2 Å². The summed E-state index contributed by atoms with van der Waals surface area (Å²) >= 11 is 2.22. The van der Waals surface area contributed by atoms with Crippen LogP contribution >= 0.6 is 22.6 Å². The molecule has 1 aromatic carbocycles. The lowest BCUT2D eigenvalue weighted by atomic mass is 10.2. The average Bonchev–Trinajstić information content (AvgIpc) is 2.96. The summed E-state index contributed by atoms with van der Waals surface area (Å²) in [4.78, 5) is 12.1. The van der Waals surface area contributed by atoms with Crippen molar-refractivity contribution in [1.82, 2.24) is 5.32 Å². The molecule has 0 atom stereocenters. The molecule has 0 aliphatic heterocycles. The van der Waals surface area contributed by atoms with Gasteiger partial charge in [0.15, 0.2) is 0 Å². The topological polar surface area (TPSA) is 64.9 Å². The van der Waals surface area contributed by atoms with Crippen LogP contribution in [0.4, 0.5) is 5.69 Å². The predicted octanol–water partition coefficient (Wildman–Crippen LogP) is 3.48. The Labute approximate surface area is 138 Å². The Morgan fingerprint density at radius 2 is 2.14 bits per heavy atom. The molecule has 1 aliphatic rings. The van der Waals surface area contributed by atoms with E-state index in [9.17, 15) is 4.79 Å². The average molecular weight is 395 g/mol. The highest BCUT2D eigenvalue weighted by Gasteiger charge is 2.15. The summed E-state index contributed by atoms with van der Waals surface area (Å²) in [6.07, 6.45) is 6.18. The van der Waals surface area contributed by atoms with Gasteiger partial charge in [0.25, 0.3) is 5.91 Å². The third kappa shape index (κ3) is 4.46. The Balaban J connectivity index is 2.02. The third-order valence-corrected chi connectivity index (χ3v) is 4.29. The molecule has 4 nitrogen and oxygen atoms in total. The van der Waals surface area contributed by atoms with Crippen LogP contribution in [-0.4, -0.2) is 11.9 Å². The van der Waals surface area contributed by atoms with E-state index in [1.54, 1.807) is 6.20 Å². The second-order valence-electron chi connectivity index (χ2n) is 5.23. The van der Waals surface area contributed by atoms with Gasteiger partial charge in [-0.1, -0.05) is 12.8 Å². The van der Waals surface area contributed by atoms with E-state index in [1.807, 2.05) is 31.2 Å². The Bertz CT molecular complexity index is 598. The standard InChI is InChI=1S/C16H18IN3O/c1-11-8-13(17)6-7-15(11)20-16(21)12(9-18)10-19-14-4-2-3-5-14/h6-8,10,14,19H,2-5H2,1H3,(H,20,21)/b12-10-. The number of aryl methyl sites for hydroxylation is 1. The van der Waals surface area contributed by atoms with Crippen molar-refractivity contribution in [3.8, 4) is 6.07 Å². The minimum atomic E-state index is -0.368. The van der Waals surface area contributed by atoms with Crippen molar-refractivity contribution in [3.05, 3.63) is 39.1 Å². The lowest BCUT2D eigenvalue weighted by Crippen LogP contribution is -2.23. The van der Waals surface area contributed by atoms with Gasteiger partial charge in [0.2, 0.25) is 0 Å². The molecular weight excluding hydrogens is 377 g/mol. The van der Waals surface area contributed by atoms with E-state index in [0.29, 0.717) is 6.04 Å². The Kier molecular flexibility index (Phi) is 5.62. The molecule has 0 heterocycles. The fourth-order valence-corrected chi connectivity index (χ4v) is 3.05. The second kappa shape index (κ2) is 7.46. The number of rotatable bonds is 4. The maximum absolute atomic E-state index is 12.1. The molecule has 1 amide bonds. The molecule has 21 heavy (non-hydrogen) atoms. The molecule has 110 valence electrons. The fourth-order valence-electron chi connectivity index (χ4n) is 2.40. The first-order chi connectivity index (χ1) is 10.1. The first-order valence-electron chi connectivity index (χ1n) is 7.04. The number of carbonyl (C=O) groups excluding carboxylic acids is 1. The number of nitrogens with zero attached hydrogens (tertiary/aromatic N) is 1. The van der Waals surface area contributed by atoms with Crippen molar-refractivity contribution < 1.29 is 4.79 Å². The van der Waals surface area contributed by atoms with Crippen molar-refractivity contribution in [2.75, 3.05) is 5.32 Å². The zero-order valence-corrected chi connectivity index (χ0v) is 14.1. The predicted molar refractivity (Wildman–Crippen MR) is 91.6 cm³/mol. The lowest BCUT2D eigenvalue weighted by molar-refractivity contribution is -0.112. The van der Waals surface area contributed by atoms with Crippen LogP contribution in [0.15, 0.2) is 30.0 Å². The van der Waals surface area contributed by atoms with Crippen LogP contribution in [0.25, 0.3) is 0 Å². The van der Waals surface area contributed by atoms with Gasteiger partial charge >= 0.3 is 0 Å². The van der Waals surface area contributed by atoms with Crippen LogP contribution in [0.2, 0.25) is 0 Å². The number of nitriles is 1. The monoisotopic (exact) mass is 395 g/mol. The van der Waals surface area contributed by atoms with Crippen LogP contribution in [0, 0.1) is 21.8 Å². The summed E-state index contributed by atoms with van der Waals surface area (Å²) in [5, 5.41) is 15.1. The van der Waals surface area contributed by atoms with Gasteiger partial charge in [0, 0.05) is 21.5 Å². The largest absolute Gasteiger partial charge is 0.387 e. The van der Waals surface area contributed by atoms with Gasteiger partial charge in [-0.05, 0) is 66.1 Å². The van der Waals surface area contributed by atoms with Crippen molar-refractivity contribution in [3.63, 3.8) is 0 Å². The molecule has 5 heteroatoms. The van der Waals surface area contributed by atoms with E-state index >= 15 is 0 Å². The van der Waals surface area contributed by atoms with Gasteiger partial charge < -0.3 is 10.6 Å². The van der Waals surface area contributed by atoms with Crippen molar-refractivity contribution in [1.29, 1.82) is 5.26 Å². The van der Waals surface area contributed by atoms with E-state index in [2.05, 4.69) is 33.2 Å². The molecule has 1 saturated carbocycles. The minimum Gasteiger partial charge on any atom is -0.387 e. The second-order valence-corrected chi connectivity index (χ2v) is 6.48. The SMILES string of the molecule is Cc1cc(I)ccc1NC(=O)/C(C#N)=C\NC1CCCC1. The smallest absolute Gasteiger partial charge is 0.267 e. The summed E-state index contributed by atoms with van der Waals surface area (Å²) in [6.45, 7) is 1.93. The van der Waals surface area contributed by atoms with Crippen LogP contribution in [0.5, 0.6) is 0 Å². The summed E-state index contributed by atoms with van der Waals surface area (Å²) in [6, 6.07) is 8.12. The molecule has 0 spiro atoms. The third-order valence-electron chi connectivity index (χ3n) is 3.62. The van der Waals surface area contributed by atoms with Gasteiger partial charge in [0.05, 0.1) is 0 Å². The summed E-state index contributed by atoms with van der Waals surface area (Å²) in [5.74, 6) is -0.368. The minimum absolute atomic E-state index is 0.111. The van der Waals surface area contributed by atoms with Gasteiger partial charge in [-0.3, -0.25) is 4.79 Å². The Morgan fingerprint density at radius 3 is 2.76 bits per heavy atom. The van der Waals surface area contributed by atoms with Crippen LogP contribution in [0.3, 0.4) is 0 Å². The number of nitrogens with one attached hydrogen (secondary N) is 2. The maximum atomic E-state index is 12.1. The fraction of sp³-hybridized carbons (Fsp3) is 0.375. The van der Waals surface area contributed by atoms with Crippen LogP contribution in [-0.2, 0) is 4.79 Å². The molecule has 0 unspecified atom stereocenters. The first-order valence-corrected chi connectivity index (χ1v) is 8.12. The van der Waals surface area contributed by atoms with Crippen molar-refractivity contribution in [2.45, 2.75) is 38.6 Å². The molecular formula is C16H18IN3O. The first kappa shape index (κ1) is 15.8. The summed E-state index contributed by atoms with van der Waals surface area (Å²) in [7, 11) is 0. The zero-order valence-electron chi connectivity index (χ0n) is 11.9. The van der Waals surface area contributed by atoms with Gasteiger partial charge in [-0.15, -0.1) is 0 Å². The van der Waals surface area contributed by atoms with E-state index in [0.717, 1.165) is 27.7 Å². The summed E-state index contributed by atoms with van der Waals surface area (Å²) in [5.41, 5.74) is 1.83. The van der Waals surface area contributed by atoms with Gasteiger partial charge in [-0.25, -0.2) is 0 Å². The molecule has 0 aromatic heterocycles. The number of hydrogen-bond donors (Lipinski definition) is 2.